The van der Waals surface area contributed by atoms with Crippen molar-refractivity contribution in [2.24, 2.45) is 5.92 Å². The highest BCUT2D eigenvalue weighted by Crippen LogP contribution is 2.13. The van der Waals surface area contributed by atoms with E-state index in [1.54, 1.807) is 0 Å². The van der Waals surface area contributed by atoms with Crippen LogP contribution in [0.4, 0.5) is 0 Å². The van der Waals surface area contributed by atoms with E-state index in [2.05, 4.69) is 15.5 Å². The molecule has 3 rings (SSSR count). The summed E-state index contributed by atoms with van der Waals surface area (Å²) in [6.45, 7) is 4.56. The molecular weight excluding hydrogens is 409 g/mol. The normalized spacial score (nSPS) is 22.1. The van der Waals surface area contributed by atoms with Crippen molar-refractivity contribution < 1.29 is 13.2 Å². The maximum atomic E-state index is 12.4. The van der Waals surface area contributed by atoms with Gasteiger partial charge in [-0.25, -0.2) is 8.42 Å². The lowest BCUT2D eigenvalue weighted by Crippen LogP contribution is -2.39. The fourth-order valence-corrected chi connectivity index (χ4v) is 4.69. The molecule has 2 aliphatic rings. The second-order valence-corrected chi connectivity index (χ2v) is 9.35. The van der Waals surface area contributed by atoms with Crippen LogP contribution in [0.3, 0.4) is 0 Å². The Labute approximate surface area is 174 Å². The van der Waals surface area contributed by atoms with E-state index in [0.29, 0.717) is 37.7 Å². The van der Waals surface area contributed by atoms with E-state index in [9.17, 15) is 13.2 Å². The molecule has 1 aromatic rings. The van der Waals surface area contributed by atoms with Gasteiger partial charge in [0.25, 0.3) is 5.91 Å². The average molecular weight is 438 g/mol. The van der Waals surface area contributed by atoms with E-state index >= 15 is 0 Å². The van der Waals surface area contributed by atoms with E-state index in [-0.39, 0.29) is 42.2 Å². The minimum atomic E-state index is -2.86. The SMILES string of the molecule is Cl.Cl.O=C(NCC1CCCNC1)c1cccc(CN2CCS(=O)(=O)CC2)c1. The molecule has 27 heavy (non-hydrogen) atoms. The third kappa shape index (κ3) is 7.58. The highest BCUT2D eigenvalue weighted by molar-refractivity contribution is 7.91. The van der Waals surface area contributed by atoms with Crippen molar-refractivity contribution >= 4 is 40.6 Å². The predicted molar refractivity (Wildman–Crippen MR) is 113 cm³/mol. The molecule has 1 aromatic carbocycles. The monoisotopic (exact) mass is 437 g/mol. The molecule has 154 valence electrons. The molecule has 2 N–H and O–H groups in total. The average Bonchev–Trinajstić information content (AvgIpc) is 2.63. The van der Waals surface area contributed by atoms with Crippen molar-refractivity contribution in [3.8, 4) is 0 Å². The molecule has 2 saturated heterocycles. The first-order valence-electron chi connectivity index (χ1n) is 9.02. The smallest absolute Gasteiger partial charge is 0.251 e. The molecule has 0 bridgehead atoms. The standard InChI is InChI=1S/C18H27N3O3S.2ClH/c22-18(20-13-16-4-2-6-19-12-16)17-5-1-3-15(11-17)14-21-7-9-25(23,24)10-8-21;;/h1,3,5,11,16,19H,2,4,6-10,12-14H2,(H,20,22);2*1H. The van der Waals surface area contributed by atoms with Crippen LogP contribution in [0.25, 0.3) is 0 Å². The Hall–Kier alpha value is -0.860. The van der Waals surface area contributed by atoms with Crippen LogP contribution < -0.4 is 10.6 Å². The first-order valence-corrected chi connectivity index (χ1v) is 10.8. The molecule has 6 nitrogen and oxygen atoms in total. The second kappa shape index (κ2) is 11.2. The lowest BCUT2D eigenvalue weighted by atomic mass is 9.99. The number of sulfone groups is 1. The van der Waals surface area contributed by atoms with Crippen LogP contribution in [0, 0.1) is 5.92 Å². The summed E-state index contributed by atoms with van der Waals surface area (Å²) in [5, 5.41) is 6.40. The summed E-state index contributed by atoms with van der Waals surface area (Å²) < 4.78 is 23.0. The predicted octanol–water partition coefficient (Wildman–Crippen LogP) is 1.49. The summed E-state index contributed by atoms with van der Waals surface area (Å²) in [4.78, 5) is 14.5. The lowest BCUT2D eigenvalue weighted by Gasteiger charge is -2.26. The quantitative estimate of drug-likeness (QED) is 0.729. The van der Waals surface area contributed by atoms with Crippen molar-refractivity contribution in [2.75, 3.05) is 44.2 Å². The number of nitrogens with zero attached hydrogens (tertiary/aromatic N) is 1. The largest absolute Gasteiger partial charge is 0.352 e. The number of hydrogen-bond donors (Lipinski definition) is 2. The Morgan fingerprint density at radius 1 is 1.22 bits per heavy atom. The van der Waals surface area contributed by atoms with E-state index < -0.39 is 9.84 Å². The van der Waals surface area contributed by atoms with Crippen molar-refractivity contribution in [1.82, 2.24) is 15.5 Å². The van der Waals surface area contributed by atoms with E-state index in [1.807, 2.05) is 24.3 Å². The number of carbonyl (C=O) groups excluding carboxylic acids is 1. The molecular formula is C18H29Cl2N3O3S. The Morgan fingerprint density at radius 2 is 1.96 bits per heavy atom. The van der Waals surface area contributed by atoms with E-state index in [0.717, 1.165) is 25.1 Å². The zero-order valence-corrected chi connectivity index (χ0v) is 17.8. The van der Waals surface area contributed by atoms with E-state index in [4.69, 9.17) is 0 Å². The van der Waals surface area contributed by atoms with Gasteiger partial charge in [0.1, 0.15) is 0 Å². The molecule has 2 aliphatic heterocycles. The number of hydrogen-bond acceptors (Lipinski definition) is 5. The minimum absolute atomic E-state index is 0. The molecule has 0 radical (unpaired) electrons. The number of benzene rings is 1. The molecule has 2 heterocycles. The van der Waals surface area contributed by atoms with Gasteiger partial charge in [0.05, 0.1) is 11.5 Å². The van der Waals surface area contributed by atoms with Gasteiger partial charge in [0.2, 0.25) is 0 Å². The van der Waals surface area contributed by atoms with Crippen molar-refractivity contribution in [3.05, 3.63) is 35.4 Å². The summed E-state index contributed by atoms with van der Waals surface area (Å²) in [6, 6.07) is 7.63. The molecule has 0 aromatic heterocycles. The molecule has 2 fully saturated rings. The topological polar surface area (TPSA) is 78.5 Å². The van der Waals surface area contributed by atoms with Gasteiger partial charge in [-0.15, -0.1) is 24.8 Å². The number of amides is 1. The highest BCUT2D eigenvalue weighted by atomic mass is 35.5. The van der Waals surface area contributed by atoms with Crippen LogP contribution in [0.2, 0.25) is 0 Å². The van der Waals surface area contributed by atoms with Crippen LogP contribution in [0.5, 0.6) is 0 Å². The second-order valence-electron chi connectivity index (χ2n) is 7.05. The number of piperidine rings is 1. The van der Waals surface area contributed by atoms with Gasteiger partial charge in [-0.05, 0) is 49.5 Å². The summed E-state index contributed by atoms with van der Waals surface area (Å²) in [6.07, 6.45) is 2.33. The summed E-state index contributed by atoms with van der Waals surface area (Å²) in [5.74, 6) is 0.926. The first-order chi connectivity index (χ1) is 12.0. The van der Waals surface area contributed by atoms with Gasteiger partial charge in [-0.1, -0.05) is 12.1 Å². The summed E-state index contributed by atoms with van der Waals surface area (Å²) >= 11 is 0. The van der Waals surface area contributed by atoms with Gasteiger partial charge in [0.15, 0.2) is 9.84 Å². The van der Waals surface area contributed by atoms with Crippen molar-refractivity contribution in [1.29, 1.82) is 0 Å². The van der Waals surface area contributed by atoms with Gasteiger partial charge >= 0.3 is 0 Å². The Morgan fingerprint density at radius 3 is 2.63 bits per heavy atom. The van der Waals surface area contributed by atoms with Crippen LogP contribution >= 0.6 is 24.8 Å². The number of carbonyl (C=O) groups is 1. The third-order valence-electron chi connectivity index (χ3n) is 4.98. The van der Waals surface area contributed by atoms with Crippen LogP contribution in [0.15, 0.2) is 24.3 Å². The number of halogens is 2. The molecule has 1 atom stereocenters. The fourth-order valence-electron chi connectivity index (χ4n) is 3.41. The Balaban J connectivity index is 0.00000182. The molecule has 9 heteroatoms. The Kier molecular flexibility index (Phi) is 10.0. The van der Waals surface area contributed by atoms with Gasteiger partial charge in [-0.2, -0.15) is 0 Å². The molecule has 1 amide bonds. The molecule has 0 spiro atoms. The molecule has 0 saturated carbocycles. The van der Waals surface area contributed by atoms with Crippen LogP contribution in [-0.4, -0.2) is 63.5 Å². The number of nitrogens with one attached hydrogen (secondary N) is 2. The van der Waals surface area contributed by atoms with Gasteiger partial charge in [-0.3, -0.25) is 9.69 Å². The fraction of sp³-hybridized carbons (Fsp3) is 0.611. The van der Waals surface area contributed by atoms with Gasteiger partial charge < -0.3 is 10.6 Å². The maximum Gasteiger partial charge on any atom is 0.251 e. The van der Waals surface area contributed by atoms with Crippen molar-refractivity contribution in [2.45, 2.75) is 19.4 Å². The first kappa shape index (κ1) is 24.2. The molecule has 1 unspecified atom stereocenters. The summed E-state index contributed by atoms with van der Waals surface area (Å²) in [7, 11) is -2.86. The number of rotatable bonds is 5. The highest BCUT2D eigenvalue weighted by Gasteiger charge is 2.21. The maximum absolute atomic E-state index is 12.4. The minimum Gasteiger partial charge on any atom is -0.352 e. The van der Waals surface area contributed by atoms with Crippen LogP contribution in [-0.2, 0) is 16.4 Å². The summed E-state index contributed by atoms with van der Waals surface area (Å²) in [5.41, 5.74) is 1.72. The zero-order valence-electron chi connectivity index (χ0n) is 15.4. The lowest BCUT2D eigenvalue weighted by molar-refractivity contribution is 0.0944. The molecule has 0 aliphatic carbocycles. The Bertz CT molecular complexity index is 696. The van der Waals surface area contributed by atoms with Crippen molar-refractivity contribution in [3.63, 3.8) is 0 Å². The third-order valence-corrected chi connectivity index (χ3v) is 6.59. The zero-order chi connectivity index (χ0) is 17.7. The van der Waals surface area contributed by atoms with Crippen LogP contribution in [0.1, 0.15) is 28.8 Å². The van der Waals surface area contributed by atoms with Gasteiger partial charge in [0, 0.05) is 31.7 Å². The van der Waals surface area contributed by atoms with E-state index in [1.165, 1.54) is 6.42 Å².